The number of nitrogens with one attached hydrogen (secondary N) is 2. The average molecular weight is 410 g/mol. The highest BCUT2D eigenvalue weighted by Crippen LogP contribution is 2.31. The van der Waals surface area contributed by atoms with Crippen LogP contribution in [-0.2, 0) is 16.0 Å². The van der Waals surface area contributed by atoms with Crippen LogP contribution in [0.25, 0.3) is 0 Å². The van der Waals surface area contributed by atoms with E-state index in [1.807, 2.05) is 18.2 Å². The summed E-state index contributed by atoms with van der Waals surface area (Å²) in [4.78, 5) is 24.1. The Morgan fingerprint density at radius 2 is 2.04 bits per heavy atom. The normalized spacial score (nSPS) is 15.3. The second kappa shape index (κ2) is 7.23. The van der Waals surface area contributed by atoms with E-state index in [1.165, 1.54) is 0 Å². The molecule has 0 spiro atoms. The van der Waals surface area contributed by atoms with Crippen LogP contribution in [-0.4, -0.2) is 24.5 Å². The summed E-state index contributed by atoms with van der Waals surface area (Å²) in [6, 6.07) is 12.5. The number of carbonyl (C=O) groups excluding carboxylic acids is 2. The number of benzene rings is 2. The van der Waals surface area contributed by atoms with Crippen LogP contribution in [0.3, 0.4) is 0 Å². The first-order valence-electron chi connectivity index (χ1n) is 7.30. The van der Waals surface area contributed by atoms with Gasteiger partial charge in [-0.3, -0.25) is 9.59 Å². The Morgan fingerprint density at radius 3 is 2.83 bits per heavy atom. The number of halogens is 2. The maximum Gasteiger partial charge on any atom is 0.261 e. The SMILES string of the molecule is O=C(CNC(=O)[C@H]1Cc2cc(Cl)ccc2O1)Nc1ccccc1Br. The molecule has 3 rings (SSSR count). The van der Waals surface area contributed by atoms with Crippen LogP contribution in [0.1, 0.15) is 5.56 Å². The fourth-order valence-electron chi connectivity index (χ4n) is 2.40. The van der Waals surface area contributed by atoms with Crippen LogP contribution in [0.5, 0.6) is 5.75 Å². The molecule has 1 heterocycles. The Bertz CT molecular complexity index is 797. The lowest BCUT2D eigenvalue weighted by molar-refractivity contribution is -0.129. The summed E-state index contributed by atoms with van der Waals surface area (Å²) in [6.07, 6.45) is -0.206. The molecule has 1 aliphatic rings. The molecule has 0 aromatic heterocycles. The maximum absolute atomic E-state index is 12.2. The van der Waals surface area contributed by atoms with E-state index in [0.717, 1.165) is 10.0 Å². The highest BCUT2D eigenvalue weighted by molar-refractivity contribution is 9.10. The van der Waals surface area contributed by atoms with Crippen LogP contribution >= 0.6 is 27.5 Å². The van der Waals surface area contributed by atoms with Crippen molar-refractivity contribution in [3.8, 4) is 5.75 Å². The predicted octanol–water partition coefficient (Wildman–Crippen LogP) is 3.16. The number of hydrogen-bond acceptors (Lipinski definition) is 3. The van der Waals surface area contributed by atoms with Crippen molar-refractivity contribution >= 4 is 45.0 Å². The third-order valence-electron chi connectivity index (χ3n) is 3.56. The van der Waals surface area contributed by atoms with Gasteiger partial charge >= 0.3 is 0 Å². The van der Waals surface area contributed by atoms with Crippen LogP contribution < -0.4 is 15.4 Å². The predicted molar refractivity (Wildman–Crippen MR) is 95.4 cm³/mol. The summed E-state index contributed by atoms with van der Waals surface area (Å²) < 4.78 is 6.36. The summed E-state index contributed by atoms with van der Waals surface area (Å²) in [6.45, 7) is -0.128. The summed E-state index contributed by atoms with van der Waals surface area (Å²) in [5.74, 6) is 0.00984. The molecule has 2 aromatic rings. The van der Waals surface area contributed by atoms with Gasteiger partial charge in [0.2, 0.25) is 5.91 Å². The number of para-hydroxylation sites is 1. The van der Waals surface area contributed by atoms with Gasteiger partial charge in [-0.25, -0.2) is 0 Å². The molecule has 0 aliphatic carbocycles. The van der Waals surface area contributed by atoms with Crippen molar-refractivity contribution in [2.75, 3.05) is 11.9 Å². The lowest BCUT2D eigenvalue weighted by Crippen LogP contribution is -2.41. The topological polar surface area (TPSA) is 67.4 Å². The molecular formula is C17H14BrClN2O3. The van der Waals surface area contributed by atoms with Crippen molar-refractivity contribution < 1.29 is 14.3 Å². The fraction of sp³-hybridized carbons (Fsp3) is 0.176. The van der Waals surface area contributed by atoms with Crippen molar-refractivity contribution in [2.45, 2.75) is 12.5 Å². The van der Waals surface area contributed by atoms with Gasteiger partial charge in [0, 0.05) is 15.9 Å². The molecule has 1 atom stereocenters. The highest BCUT2D eigenvalue weighted by Gasteiger charge is 2.29. The second-order valence-electron chi connectivity index (χ2n) is 5.31. The largest absolute Gasteiger partial charge is 0.480 e. The lowest BCUT2D eigenvalue weighted by Gasteiger charge is -2.12. The van der Waals surface area contributed by atoms with E-state index in [4.69, 9.17) is 16.3 Å². The zero-order valence-electron chi connectivity index (χ0n) is 12.5. The van der Waals surface area contributed by atoms with Gasteiger partial charge < -0.3 is 15.4 Å². The average Bonchev–Trinajstić information content (AvgIpc) is 2.98. The molecule has 124 valence electrons. The molecule has 1 aliphatic heterocycles. The Balaban J connectivity index is 1.51. The minimum Gasteiger partial charge on any atom is -0.480 e. The molecule has 0 saturated heterocycles. The van der Waals surface area contributed by atoms with E-state index in [1.54, 1.807) is 24.3 Å². The first kappa shape index (κ1) is 16.8. The number of anilines is 1. The van der Waals surface area contributed by atoms with Gasteiger partial charge in [-0.15, -0.1) is 0 Å². The zero-order chi connectivity index (χ0) is 17.1. The molecule has 24 heavy (non-hydrogen) atoms. The van der Waals surface area contributed by atoms with Crippen molar-refractivity contribution in [3.63, 3.8) is 0 Å². The lowest BCUT2D eigenvalue weighted by atomic mass is 10.1. The number of amides is 2. The summed E-state index contributed by atoms with van der Waals surface area (Å²) in [5.41, 5.74) is 1.54. The van der Waals surface area contributed by atoms with Crippen LogP contribution in [0.2, 0.25) is 5.02 Å². The van der Waals surface area contributed by atoms with Gasteiger partial charge in [0.25, 0.3) is 5.91 Å². The molecule has 0 unspecified atom stereocenters. The van der Waals surface area contributed by atoms with E-state index in [0.29, 0.717) is 22.9 Å². The van der Waals surface area contributed by atoms with Crippen molar-refractivity contribution in [1.29, 1.82) is 0 Å². The Hall–Kier alpha value is -2.05. The molecule has 2 amide bonds. The zero-order valence-corrected chi connectivity index (χ0v) is 14.9. The molecule has 2 aromatic carbocycles. The van der Waals surface area contributed by atoms with E-state index >= 15 is 0 Å². The van der Waals surface area contributed by atoms with Gasteiger partial charge in [-0.1, -0.05) is 23.7 Å². The molecule has 0 fully saturated rings. The minimum atomic E-state index is -0.644. The minimum absolute atomic E-state index is 0.128. The first-order chi connectivity index (χ1) is 11.5. The number of hydrogen-bond donors (Lipinski definition) is 2. The van der Waals surface area contributed by atoms with Gasteiger partial charge in [-0.2, -0.15) is 0 Å². The molecular weight excluding hydrogens is 396 g/mol. The third-order valence-corrected chi connectivity index (χ3v) is 4.49. The molecule has 0 bridgehead atoms. The van der Waals surface area contributed by atoms with Crippen molar-refractivity contribution in [2.24, 2.45) is 0 Å². The quantitative estimate of drug-likeness (QED) is 0.815. The van der Waals surface area contributed by atoms with E-state index < -0.39 is 6.10 Å². The summed E-state index contributed by atoms with van der Waals surface area (Å²) in [5, 5.41) is 5.91. The second-order valence-corrected chi connectivity index (χ2v) is 6.60. The third kappa shape index (κ3) is 3.88. The van der Waals surface area contributed by atoms with Gasteiger partial charge in [-0.05, 0) is 51.8 Å². The first-order valence-corrected chi connectivity index (χ1v) is 8.47. The molecule has 2 N–H and O–H groups in total. The van der Waals surface area contributed by atoms with Crippen LogP contribution in [0.15, 0.2) is 46.9 Å². The van der Waals surface area contributed by atoms with Gasteiger partial charge in [0.05, 0.1) is 12.2 Å². The Kier molecular flexibility index (Phi) is 5.06. The van der Waals surface area contributed by atoms with Crippen LogP contribution in [0, 0.1) is 0 Å². The number of fused-ring (bicyclic) bond motifs is 1. The molecule has 7 heteroatoms. The van der Waals surface area contributed by atoms with Crippen LogP contribution in [0.4, 0.5) is 5.69 Å². The number of ether oxygens (including phenoxy) is 1. The Morgan fingerprint density at radius 1 is 1.25 bits per heavy atom. The monoisotopic (exact) mass is 408 g/mol. The van der Waals surface area contributed by atoms with Gasteiger partial charge in [0.1, 0.15) is 5.75 Å². The fourth-order valence-corrected chi connectivity index (χ4v) is 2.98. The highest BCUT2D eigenvalue weighted by atomic mass is 79.9. The number of rotatable bonds is 4. The summed E-state index contributed by atoms with van der Waals surface area (Å²) >= 11 is 9.28. The molecule has 0 saturated carbocycles. The van der Waals surface area contributed by atoms with E-state index in [-0.39, 0.29) is 18.4 Å². The Labute approximate surface area is 152 Å². The standard InChI is InChI=1S/C17H14BrClN2O3/c18-12-3-1-2-4-13(12)21-16(22)9-20-17(23)15-8-10-7-11(19)5-6-14(10)24-15/h1-7,15H,8-9H2,(H,20,23)(H,21,22)/t15-/m1/s1. The van der Waals surface area contributed by atoms with Crippen molar-refractivity contribution in [1.82, 2.24) is 5.32 Å². The maximum atomic E-state index is 12.2. The smallest absolute Gasteiger partial charge is 0.261 e. The summed E-state index contributed by atoms with van der Waals surface area (Å²) in [7, 11) is 0. The molecule has 5 nitrogen and oxygen atoms in total. The number of carbonyl (C=O) groups is 2. The molecule has 0 radical (unpaired) electrons. The van der Waals surface area contributed by atoms with Crippen molar-refractivity contribution in [3.05, 3.63) is 57.5 Å². The van der Waals surface area contributed by atoms with E-state index in [2.05, 4.69) is 26.6 Å². The van der Waals surface area contributed by atoms with E-state index in [9.17, 15) is 9.59 Å². The van der Waals surface area contributed by atoms with Gasteiger partial charge in [0.15, 0.2) is 6.10 Å².